The number of hydrogen-bond donors (Lipinski definition) is 0. The minimum atomic E-state index is -0.217. The molecule has 100 valence electrons. The molecule has 3 rings (SSSR count). The van der Waals surface area contributed by atoms with Gasteiger partial charge >= 0.3 is 0 Å². The van der Waals surface area contributed by atoms with Crippen molar-refractivity contribution in [2.24, 2.45) is 0 Å². The van der Waals surface area contributed by atoms with Crippen molar-refractivity contribution < 1.29 is 4.39 Å². The monoisotopic (exact) mass is 285 g/mol. The van der Waals surface area contributed by atoms with E-state index in [0.29, 0.717) is 5.16 Å². The van der Waals surface area contributed by atoms with Gasteiger partial charge in [-0.25, -0.2) is 14.1 Å². The lowest BCUT2D eigenvalue weighted by Gasteiger charge is -1.99. The highest BCUT2D eigenvalue weighted by Gasteiger charge is 2.04. The molecule has 1 heterocycles. The van der Waals surface area contributed by atoms with E-state index < -0.39 is 0 Å². The van der Waals surface area contributed by atoms with Crippen molar-refractivity contribution in [2.75, 3.05) is 0 Å². The number of halogens is 1. The molecule has 0 spiro atoms. The van der Waals surface area contributed by atoms with Crippen molar-refractivity contribution in [3.05, 3.63) is 72.3 Å². The van der Waals surface area contributed by atoms with Gasteiger partial charge in [0.05, 0.1) is 5.69 Å². The molecule has 0 aliphatic heterocycles. The van der Waals surface area contributed by atoms with Crippen LogP contribution in [0.4, 0.5) is 4.39 Å². The molecule has 0 bridgehead atoms. The largest absolute Gasteiger partial charge is 0.220 e. The van der Waals surface area contributed by atoms with Crippen LogP contribution in [0.1, 0.15) is 5.56 Å². The molecule has 0 unspecified atom stereocenters. The maximum atomic E-state index is 12.8. The Bertz CT molecular complexity index is 680. The smallest absolute Gasteiger partial charge is 0.209 e. The van der Waals surface area contributed by atoms with Gasteiger partial charge < -0.3 is 0 Å². The third-order valence-electron chi connectivity index (χ3n) is 2.77. The van der Waals surface area contributed by atoms with Crippen LogP contribution < -0.4 is 0 Å². The lowest BCUT2D eigenvalue weighted by atomic mass is 10.2. The van der Waals surface area contributed by atoms with Crippen LogP contribution in [-0.2, 0) is 5.75 Å². The summed E-state index contributed by atoms with van der Waals surface area (Å²) in [6.07, 6.45) is 1.70. The molecule has 0 aliphatic rings. The van der Waals surface area contributed by atoms with Crippen molar-refractivity contribution in [1.29, 1.82) is 0 Å². The molecule has 3 aromatic rings. The number of thioether (sulfide) groups is 1. The second kappa shape index (κ2) is 5.88. The minimum Gasteiger partial charge on any atom is -0.220 e. The lowest BCUT2D eigenvalue weighted by molar-refractivity contribution is 0.627. The fraction of sp³-hybridized carbons (Fsp3) is 0.0667. The fourth-order valence-corrected chi connectivity index (χ4v) is 2.50. The Balaban J connectivity index is 1.67. The topological polar surface area (TPSA) is 30.7 Å². The van der Waals surface area contributed by atoms with Crippen LogP contribution in [0.15, 0.2) is 66.1 Å². The van der Waals surface area contributed by atoms with E-state index in [-0.39, 0.29) is 5.82 Å². The molecular weight excluding hydrogens is 273 g/mol. The van der Waals surface area contributed by atoms with Gasteiger partial charge in [-0.3, -0.25) is 0 Å². The summed E-state index contributed by atoms with van der Waals surface area (Å²) in [6.45, 7) is 0. The zero-order valence-corrected chi connectivity index (χ0v) is 11.4. The van der Waals surface area contributed by atoms with Crippen molar-refractivity contribution in [1.82, 2.24) is 14.8 Å². The Labute approximate surface area is 120 Å². The lowest BCUT2D eigenvalue weighted by Crippen LogP contribution is -1.93. The van der Waals surface area contributed by atoms with E-state index in [2.05, 4.69) is 10.1 Å². The molecule has 20 heavy (non-hydrogen) atoms. The van der Waals surface area contributed by atoms with E-state index in [1.807, 2.05) is 30.3 Å². The van der Waals surface area contributed by atoms with Gasteiger partial charge in [-0.2, -0.15) is 0 Å². The Morgan fingerprint density at radius 1 is 1.00 bits per heavy atom. The van der Waals surface area contributed by atoms with Gasteiger partial charge in [-0.05, 0) is 29.8 Å². The minimum absolute atomic E-state index is 0.217. The molecule has 0 aliphatic carbocycles. The summed E-state index contributed by atoms with van der Waals surface area (Å²) in [5, 5.41) is 5.11. The Hall–Kier alpha value is -2.14. The molecule has 0 fully saturated rings. The summed E-state index contributed by atoms with van der Waals surface area (Å²) in [6, 6.07) is 16.3. The summed E-state index contributed by atoms with van der Waals surface area (Å²) >= 11 is 1.53. The summed E-state index contributed by atoms with van der Waals surface area (Å²) in [5.41, 5.74) is 2.03. The molecule has 0 amide bonds. The molecule has 0 radical (unpaired) electrons. The zero-order valence-electron chi connectivity index (χ0n) is 10.6. The predicted molar refractivity (Wildman–Crippen MR) is 77.3 cm³/mol. The van der Waals surface area contributed by atoms with E-state index in [4.69, 9.17) is 0 Å². The third kappa shape index (κ3) is 3.05. The van der Waals surface area contributed by atoms with Gasteiger partial charge in [-0.15, -0.1) is 5.10 Å². The predicted octanol–water partition coefficient (Wildman–Crippen LogP) is 3.70. The van der Waals surface area contributed by atoms with Gasteiger partial charge in [-0.1, -0.05) is 42.1 Å². The average Bonchev–Trinajstić information content (AvgIpc) is 2.97. The first-order valence-corrected chi connectivity index (χ1v) is 7.14. The van der Waals surface area contributed by atoms with Crippen LogP contribution >= 0.6 is 11.8 Å². The molecule has 0 saturated heterocycles. The highest BCUT2D eigenvalue weighted by atomic mass is 32.2. The van der Waals surface area contributed by atoms with Crippen LogP contribution in [0.2, 0.25) is 0 Å². The molecule has 0 saturated carbocycles. The number of nitrogens with zero attached hydrogens (tertiary/aromatic N) is 3. The summed E-state index contributed by atoms with van der Waals surface area (Å²) in [7, 11) is 0. The van der Waals surface area contributed by atoms with Crippen LogP contribution in [0.3, 0.4) is 0 Å². The zero-order chi connectivity index (χ0) is 13.8. The molecule has 1 aromatic heterocycles. The standard InChI is InChI=1S/C15H12FN3S/c16-13-8-6-12(7-9-13)10-20-15-17-11-19(18-15)14-4-2-1-3-5-14/h1-9,11H,10H2. The van der Waals surface area contributed by atoms with Crippen LogP contribution in [0.25, 0.3) is 5.69 Å². The quantitative estimate of drug-likeness (QED) is 0.685. The summed E-state index contributed by atoms with van der Waals surface area (Å²) in [4.78, 5) is 4.27. The number of benzene rings is 2. The van der Waals surface area contributed by atoms with Crippen molar-refractivity contribution >= 4 is 11.8 Å². The van der Waals surface area contributed by atoms with Crippen LogP contribution in [-0.4, -0.2) is 14.8 Å². The van der Waals surface area contributed by atoms with Crippen molar-refractivity contribution in [3.63, 3.8) is 0 Å². The molecule has 3 nitrogen and oxygen atoms in total. The van der Waals surface area contributed by atoms with E-state index in [1.165, 1.54) is 23.9 Å². The molecule has 2 aromatic carbocycles. The maximum Gasteiger partial charge on any atom is 0.209 e. The molecule has 0 N–H and O–H groups in total. The van der Waals surface area contributed by atoms with Gasteiger partial charge in [0.1, 0.15) is 12.1 Å². The van der Waals surface area contributed by atoms with Crippen molar-refractivity contribution in [2.45, 2.75) is 10.9 Å². The van der Waals surface area contributed by atoms with Crippen LogP contribution in [0.5, 0.6) is 0 Å². The van der Waals surface area contributed by atoms with Gasteiger partial charge in [0.25, 0.3) is 0 Å². The number of rotatable bonds is 4. The van der Waals surface area contributed by atoms with Gasteiger partial charge in [0.2, 0.25) is 5.16 Å². The number of para-hydroxylation sites is 1. The SMILES string of the molecule is Fc1ccc(CSc2ncn(-c3ccccc3)n2)cc1. The van der Waals surface area contributed by atoms with Gasteiger partial charge in [0, 0.05) is 5.75 Å². The Morgan fingerprint density at radius 3 is 2.50 bits per heavy atom. The highest BCUT2D eigenvalue weighted by molar-refractivity contribution is 7.98. The first-order chi connectivity index (χ1) is 9.81. The second-order valence-electron chi connectivity index (χ2n) is 4.22. The highest BCUT2D eigenvalue weighted by Crippen LogP contribution is 2.19. The Morgan fingerprint density at radius 2 is 1.75 bits per heavy atom. The molecule has 0 atom stereocenters. The average molecular weight is 285 g/mol. The maximum absolute atomic E-state index is 12.8. The van der Waals surface area contributed by atoms with E-state index in [0.717, 1.165) is 17.0 Å². The molecular formula is C15H12FN3S. The van der Waals surface area contributed by atoms with Gasteiger partial charge in [0.15, 0.2) is 0 Å². The normalized spacial score (nSPS) is 10.7. The van der Waals surface area contributed by atoms with Crippen molar-refractivity contribution in [3.8, 4) is 5.69 Å². The van der Waals surface area contributed by atoms with E-state index in [9.17, 15) is 4.39 Å². The van der Waals surface area contributed by atoms with E-state index >= 15 is 0 Å². The van der Waals surface area contributed by atoms with Crippen LogP contribution in [0, 0.1) is 5.82 Å². The Kier molecular flexibility index (Phi) is 3.78. The first kappa shape index (κ1) is 12.9. The first-order valence-electron chi connectivity index (χ1n) is 6.15. The second-order valence-corrected chi connectivity index (χ2v) is 5.16. The number of hydrogen-bond acceptors (Lipinski definition) is 3. The molecule has 5 heteroatoms. The number of aromatic nitrogens is 3. The summed E-state index contributed by atoms with van der Waals surface area (Å²) in [5.74, 6) is 0.504. The van der Waals surface area contributed by atoms with E-state index in [1.54, 1.807) is 23.1 Å². The summed E-state index contributed by atoms with van der Waals surface area (Å²) < 4.78 is 14.5. The third-order valence-corrected chi connectivity index (χ3v) is 3.70. The fourth-order valence-electron chi connectivity index (χ4n) is 1.75.